The van der Waals surface area contributed by atoms with Gasteiger partial charge >= 0.3 is 0 Å². The molecule has 0 rings (SSSR count). The van der Waals surface area contributed by atoms with Crippen LogP contribution in [0.4, 0.5) is 0 Å². The molecule has 0 aromatic heterocycles. The van der Waals surface area contributed by atoms with Crippen LogP contribution in [0.3, 0.4) is 0 Å². The second-order valence-corrected chi connectivity index (χ2v) is 5.16. The molecule has 0 aliphatic rings. The minimum absolute atomic E-state index is 0.182. The number of ether oxygens (including phenoxy) is 2. The fourth-order valence-corrected chi connectivity index (χ4v) is 1.90. The van der Waals surface area contributed by atoms with E-state index >= 15 is 0 Å². The minimum atomic E-state index is 0.182. The van der Waals surface area contributed by atoms with Gasteiger partial charge in [-0.15, -0.1) is 0 Å². The largest absolute Gasteiger partial charge is 0.464 e. The molecule has 0 amide bonds. The van der Waals surface area contributed by atoms with Gasteiger partial charge in [0.2, 0.25) is 0 Å². The van der Waals surface area contributed by atoms with Gasteiger partial charge in [-0.2, -0.15) is 0 Å². The highest BCUT2D eigenvalue weighted by Crippen LogP contribution is 2.09. The van der Waals surface area contributed by atoms with E-state index in [4.69, 9.17) is 9.47 Å². The second-order valence-electron chi connectivity index (χ2n) is 5.16. The van der Waals surface area contributed by atoms with Crippen LogP contribution in [0.2, 0.25) is 0 Å². The summed E-state index contributed by atoms with van der Waals surface area (Å²) in [5.41, 5.74) is 0. The molecular formula is C17H32O3. The van der Waals surface area contributed by atoms with Crippen LogP contribution in [-0.4, -0.2) is 19.7 Å². The zero-order chi connectivity index (χ0) is 14.9. The van der Waals surface area contributed by atoms with E-state index in [-0.39, 0.29) is 6.79 Å². The number of carbonyl (C=O) groups excluding carboxylic acids is 1. The van der Waals surface area contributed by atoms with Crippen molar-refractivity contribution in [3.63, 3.8) is 0 Å². The molecule has 0 aliphatic carbocycles. The van der Waals surface area contributed by atoms with Gasteiger partial charge in [-0.25, -0.2) is 0 Å². The molecule has 0 saturated heterocycles. The van der Waals surface area contributed by atoms with Crippen LogP contribution in [0.15, 0.2) is 11.8 Å². The lowest BCUT2D eigenvalue weighted by Gasteiger charge is -2.06. The van der Waals surface area contributed by atoms with Gasteiger partial charge in [-0.1, -0.05) is 58.8 Å². The molecule has 0 N–H and O–H groups in total. The Hall–Kier alpha value is -0.830. The normalized spacial score (nSPS) is 11.6. The lowest BCUT2D eigenvalue weighted by Crippen LogP contribution is -2.02. The van der Waals surface area contributed by atoms with E-state index in [0.29, 0.717) is 12.4 Å². The van der Waals surface area contributed by atoms with Crippen molar-refractivity contribution in [1.29, 1.82) is 0 Å². The summed E-state index contributed by atoms with van der Waals surface area (Å²) in [5.74, 6) is 0.410. The molecule has 0 aliphatic heterocycles. The van der Waals surface area contributed by atoms with Gasteiger partial charge in [-0.05, 0) is 25.3 Å². The average molecular weight is 284 g/mol. The first-order chi connectivity index (χ1) is 9.85. The highest BCUT2D eigenvalue weighted by atomic mass is 16.7. The van der Waals surface area contributed by atoms with Gasteiger partial charge in [-0.3, -0.25) is 4.79 Å². The number of hydrogen-bond acceptors (Lipinski definition) is 3. The molecule has 0 heterocycles. The van der Waals surface area contributed by atoms with Gasteiger partial charge in [0, 0.05) is 0 Å². The zero-order valence-corrected chi connectivity index (χ0v) is 13.4. The van der Waals surface area contributed by atoms with Crippen molar-refractivity contribution in [2.45, 2.75) is 78.1 Å². The molecule has 0 atom stereocenters. The lowest BCUT2D eigenvalue weighted by atomic mass is 10.1. The summed E-state index contributed by atoms with van der Waals surface area (Å²) < 4.78 is 10.5. The molecule has 0 aromatic rings. The van der Waals surface area contributed by atoms with Crippen LogP contribution in [0.5, 0.6) is 0 Å². The predicted molar refractivity (Wildman–Crippen MR) is 83.6 cm³/mol. The second kappa shape index (κ2) is 16.2. The van der Waals surface area contributed by atoms with Crippen LogP contribution in [0.1, 0.15) is 78.1 Å². The predicted octanol–water partition coefficient (Wildman–Crippen LogP) is 5.00. The molecule has 0 fully saturated rings. The van der Waals surface area contributed by atoms with Gasteiger partial charge in [0.25, 0.3) is 0 Å². The maximum atomic E-state index is 10.8. The Morgan fingerprint density at radius 2 is 1.55 bits per heavy atom. The summed E-state index contributed by atoms with van der Waals surface area (Å²) in [4.78, 5) is 10.8. The number of allylic oxidation sites excluding steroid dienone is 2. The van der Waals surface area contributed by atoms with Gasteiger partial charge in [0.05, 0.1) is 6.61 Å². The number of hydrogen-bond donors (Lipinski definition) is 0. The number of rotatable bonds is 15. The van der Waals surface area contributed by atoms with Gasteiger partial charge in [0.15, 0.2) is 18.8 Å². The number of unbranched alkanes of at least 4 members (excludes halogenated alkanes) is 8. The van der Waals surface area contributed by atoms with E-state index < -0.39 is 0 Å². The van der Waals surface area contributed by atoms with Crippen molar-refractivity contribution in [3.8, 4) is 0 Å². The highest BCUT2D eigenvalue weighted by molar-refractivity contribution is 5.69. The molecule has 118 valence electrons. The first kappa shape index (κ1) is 19.2. The Kier molecular flexibility index (Phi) is 15.6. The topological polar surface area (TPSA) is 35.5 Å². The third kappa shape index (κ3) is 13.6. The maximum Gasteiger partial charge on any atom is 0.189 e. The van der Waals surface area contributed by atoms with E-state index in [1.165, 1.54) is 38.5 Å². The summed E-state index contributed by atoms with van der Waals surface area (Å²) in [5, 5.41) is 0. The van der Waals surface area contributed by atoms with Crippen LogP contribution in [-0.2, 0) is 14.3 Å². The quantitative estimate of drug-likeness (QED) is 0.139. The van der Waals surface area contributed by atoms with E-state index in [0.717, 1.165) is 32.0 Å². The van der Waals surface area contributed by atoms with E-state index in [2.05, 4.69) is 13.8 Å². The van der Waals surface area contributed by atoms with Crippen molar-refractivity contribution in [2.75, 3.05) is 13.4 Å². The van der Waals surface area contributed by atoms with Crippen molar-refractivity contribution in [3.05, 3.63) is 11.8 Å². The van der Waals surface area contributed by atoms with Crippen molar-refractivity contribution < 1.29 is 14.3 Å². The van der Waals surface area contributed by atoms with Crippen molar-refractivity contribution in [2.24, 2.45) is 0 Å². The van der Waals surface area contributed by atoms with Crippen LogP contribution >= 0.6 is 0 Å². The Morgan fingerprint density at radius 1 is 0.900 bits per heavy atom. The molecule has 0 bridgehead atoms. The first-order valence-corrected chi connectivity index (χ1v) is 8.21. The van der Waals surface area contributed by atoms with E-state index in [9.17, 15) is 4.79 Å². The molecule has 0 radical (unpaired) electrons. The third-order valence-corrected chi connectivity index (χ3v) is 3.22. The summed E-state index contributed by atoms with van der Waals surface area (Å²) in [6.07, 6.45) is 14.7. The first-order valence-electron chi connectivity index (χ1n) is 8.21. The lowest BCUT2D eigenvalue weighted by molar-refractivity contribution is -0.111. The molecular weight excluding hydrogens is 252 g/mol. The number of carbonyl (C=O) groups is 1. The van der Waals surface area contributed by atoms with Crippen molar-refractivity contribution >= 4 is 6.29 Å². The third-order valence-electron chi connectivity index (χ3n) is 3.22. The Labute approximate surface area is 124 Å². The Morgan fingerprint density at radius 3 is 2.20 bits per heavy atom. The zero-order valence-electron chi connectivity index (χ0n) is 13.4. The molecule has 3 heteroatoms. The van der Waals surface area contributed by atoms with E-state index in [1.807, 2.05) is 6.08 Å². The smallest absolute Gasteiger partial charge is 0.189 e. The fourth-order valence-electron chi connectivity index (χ4n) is 1.90. The Balaban J connectivity index is 3.46. The van der Waals surface area contributed by atoms with Crippen LogP contribution in [0, 0.1) is 0 Å². The molecule has 3 nitrogen and oxygen atoms in total. The number of aldehydes is 1. The van der Waals surface area contributed by atoms with Gasteiger partial charge in [0.1, 0.15) is 0 Å². The van der Waals surface area contributed by atoms with Crippen molar-refractivity contribution in [1.82, 2.24) is 0 Å². The summed E-state index contributed by atoms with van der Waals surface area (Å²) >= 11 is 0. The van der Waals surface area contributed by atoms with Crippen LogP contribution in [0.25, 0.3) is 0 Å². The average Bonchev–Trinajstić information content (AvgIpc) is 2.47. The van der Waals surface area contributed by atoms with Gasteiger partial charge < -0.3 is 9.47 Å². The molecule has 20 heavy (non-hydrogen) atoms. The summed E-state index contributed by atoms with van der Waals surface area (Å²) in [7, 11) is 0. The summed E-state index contributed by atoms with van der Waals surface area (Å²) in [6.45, 7) is 5.23. The Bertz CT molecular complexity index is 236. The fraction of sp³-hybridized carbons (Fsp3) is 0.824. The summed E-state index contributed by atoms with van der Waals surface area (Å²) in [6, 6.07) is 0. The SMILES string of the molecule is CCCCCCCCC/C=C(\C=O)OCOCCCC. The monoisotopic (exact) mass is 284 g/mol. The molecule has 0 unspecified atom stereocenters. The minimum Gasteiger partial charge on any atom is -0.464 e. The molecule has 0 aromatic carbocycles. The molecule has 0 spiro atoms. The maximum absolute atomic E-state index is 10.8. The van der Waals surface area contributed by atoms with E-state index in [1.54, 1.807) is 0 Å². The van der Waals surface area contributed by atoms with Crippen LogP contribution < -0.4 is 0 Å². The molecule has 0 saturated carbocycles. The highest BCUT2D eigenvalue weighted by Gasteiger charge is 1.96. The standard InChI is InChI=1S/C17H32O3/c1-3-5-7-8-9-10-11-12-13-17(15-18)20-16-19-14-6-4-2/h13,15H,3-12,14,16H2,1-2H3/b17-13+.